The van der Waals surface area contributed by atoms with Crippen LogP contribution in [-0.4, -0.2) is 18.7 Å². The van der Waals surface area contributed by atoms with E-state index < -0.39 is 0 Å². The number of allylic oxidation sites excluding steroid dienone is 3. The Balaban J connectivity index is 2.30. The predicted molar refractivity (Wildman–Crippen MR) is 108 cm³/mol. The quantitative estimate of drug-likeness (QED) is 0.257. The van der Waals surface area contributed by atoms with Gasteiger partial charge in [-0.25, -0.2) is 4.79 Å². The highest BCUT2D eigenvalue weighted by molar-refractivity contribution is 5.70. The molecule has 0 fully saturated rings. The molecule has 0 saturated heterocycles. The third kappa shape index (κ3) is 10.2. The lowest BCUT2D eigenvalue weighted by Gasteiger charge is -2.24. The second kappa shape index (κ2) is 13.3. The average molecular weight is 359 g/mol. The van der Waals surface area contributed by atoms with Crippen LogP contribution in [0.2, 0.25) is 0 Å². The fourth-order valence-corrected chi connectivity index (χ4v) is 2.78. The third-order valence-electron chi connectivity index (χ3n) is 4.33. The van der Waals surface area contributed by atoms with Crippen molar-refractivity contribution in [2.24, 2.45) is 11.8 Å². The Hall–Kier alpha value is -1.87. The normalized spacial score (nSPS) is 13.7. The van der Waals surface area contributed by atoms with Crippen LogP contribution in [0.15, 0.2) is 55.1 Å². The third-order valence-corrected chi connectivity index (χ3v) is 4.33. The van der Waals surface area contributed by atoms with Crippen molar-refractivity contribution in [3.63, 3.8) is 0 Å². The first-order valence-corrected chi connectivity index (χ1v) is 9.61. The molecule has 1 rings (SSSR count). The van der Waals surface area contributed by atoms with E-state index in [1.54, 1.807) is 6.08 Å². The summed E-state index contributed by atoms with van der Waals surface area (Å²) in [7, 11) is 0. The van der Waals surface area contributed by atoms with E-state index in [1.807, 2.05) is 36.4 Å². The van der Waals surface area contributed by atoms with E-state index in [0.717, 1.165) is 31.2 Å². The molecule has 2 atom stereocenters. The van der Waals surface area contributed by atoms with Gasteiger partial charge in [-0.15, -0.1) is 0 Å². The molecule has 26 heavy (non-hydrogen) atoms. The molecule has 0 spiro atoms. The first-order valence-electron chi connectivity index (χ1n) is 9.61. The van der Waals surface area contributed by atoms with Gasteiger partial charge in [0, 0.05) is 0 Å². The molecule has 0 aromatic heterocycles. The maximum absolute atomic E-state index is 12.1. The summed E-state index contributed by atoms with van der Waals surface area (Å²) in [6.45, 7) is 10.5. The number of rotatable bonds is 13. The van der Waals surface area contributed by atoms with Crippen molar-refractivity contribution in [2.75, 3.05) is 6.61 Å². The van der Waals surface area contributed by atoms with Crippen LogP contribution in [0, 0.1) is 11.8 Å². The number of hydrogen-bond acceptors (Lipinski definition) is 3. The SMILES string of the molecule is C=C/C=C\CCC[C@H](C)C[C@@H](OC(=O)COCc1ccccc1)C(C)C. The number of ether oxygens (including phenoxy) is 2. The Morgan fingerprint density at radius 2 is 1.92 bits per heavy atom. The molecule has 3 nitrogen and oxygen atoms in total. The monoisotopic (exact) mass is 358 g/mol. The number of hydrogen-bond donors (Lipinski definition) is 0. The van der Waals surface area contributed by atoms with Gasteiger partial charge in [0.1, 0.15) is 12.7 Å². The second-order valence-corrected chi connectivity index (χ2v) is 7.19. The summed E-state index contributed by atoms with van der Waals surface area (Å²) in [4.78, 5) is 12.1. The fourth-order valence-electron chi connectivity index (χ4n) is 2.78. The smallest absolute Gasteiger partial charge is 0.332 e. The Bertz CT molecular complexity index is 534. The number of unbranched alkanes of at least 4 members (excludes halogenated alkanes) is 1. The molecule has 0 amide bonds. The summed E-state index contributed by atoms with van der Waals surface area (Å²) < 4.78 is 11.2. The fraction of sp³-hybridized carbons (Fsp3) is 0.522. The van der Waals surface area contributed by atoms with Crippen molar-refractivity contribution in [1.82, 2.24) is 0 Å². The minimum absolute atomic E-state index is 0.00115. The summed E-state index contributed by atoms with van der Waals surface area (Å²) in [5.74, 6) is 0.550. The van der Waals surface area contributed by atoms with Crippen LogP contribution in [0.3, 0.4) is 0 Å². The summed E-state index contributed by atoms with van der Waals surface area (Å²) in [6.07, 6.45) is 10.1. The minimum atomic E-state index is -0.277. The first kappa shape index (κ1) is 22.2. The van der Waals surface area contributed by atoms with Crippen molar-refractivity contribution in [1.29, 1.82) is 0 Å². The molecule has 0 aliphatic rings. The van der Waals surface area contributed by atoms with Gasteiger partial charge in [-0.2, -0.15) is 0 Å². The summed E-state index contributed by atoms with van der Waals surface area (Å²) in [5.41, 5.74) is 1.06. The lowest BCUT2D eigenvalue weighted by Crippen LogP contribution is -2.28. The predicted octanol–water partition coefficient (Wildman–Crippen LogP) is 5.71. The Kier molecular flexibility index (Phi) is 11.4. The molecule has 0 aliphatic carbocycles. The standard InChI is InChI=1S/C23H34O3/c1-5-6-7-8-10-13-20(4)16-22(19(2)3)26-23(24)18-25-17-21-14-11-9-12-15-21/h5-7,9,11-12,14-15,19-20,22H,1,8,10,13,16-18H2,2-4H3/b7-6-/t20-,22+/m0/s1. The van der Waals surface area contributed by atoms with Gasteiger partial charge in [0.05, 0.1) is 6.61 Å². The van der Waals surface area contributed by atoms with E-state index in [4.69, 9.17) is 9.47 Å². The molecule has 0 aliphatic heterocycles. The van der Waals surface area contributed by atoms with Crippen molar-refractivity contribution in [3.05, 3.63) is 60.7 Å². The molecule has 3 heteroatoms. The molecule has 0 unspecified atom stereocenters. The highest BCUT2D eigenvalue weighted by atomic mass is 16.6. The average Bonchev–Trinajstić information content (AvgIpc) is 2.62. The van der Waals surface area contributed by atoms with Crippen molar-refractivity contribution in [2.45, 2.75) is 59.2 Å². The number of esters is 1. The van der Waals surface area contributed by atoms with Crippen molar-refractivity contribution < 1.29 is 14.3 Å². The van der Waals surface area contributed by atoms with Crippen LogP contribution in [0.1, 0.15) is 52.0 Å². The lowest BCUT2D eigenvalue weighted by atomic mass is 9.92. The molecule has 1 aromatic rings. The number of benzene rings is 1. The zero-order valence-corrected chi connectivity index (χ0v) is 16.5. The van der Waals surface area contributed by atoms with Crippen LogP contribution in [0.5, 0.6) is 0 Å². The zero-order chi connectivity index (χ0) is 19.2. The maximum Gasteiger partial charge on any atom is 0.332 e. The minimum Gasteiger partial charge on any atom is -0.460 e. The zero-order valence-electron chi connectivity index (χ0n) is 16.5. The van der Waals surface area contributed by atoms with Gasteiger partial charge in [-0.3, -0.25) is 0 Å². The highest BCUT2D eigenvalue weighted by Crippen LogP contribution is 2.21. The summed E-state index contributed by atoms with van der Waals surface area (Å²) in [6, 6.07) is 9.84. The van der Waals surface area contributed by atoms with Crippen LogP contribution in [0.4, 0.5) is 0 Å². The van der Waals surface area contributed by atoms with Gasteiger partial charge < -0.3 is 9.47 Å². The van der Waals surface area contributed by atoms with E-state index >= 15 is 0 Å². The van der Waals surface area contributed by atoms with Gasteiger partial charge in [-0.1, -0.05) is 82.3 Å². The molecule has 0 saturated carbocycles. The van der Waals surface area contributed by atoms with Crippen LogP contribution < -0.4 is 0 Å². The van der Waals surface area contributed by atoms with E-state index in [9.17, 15) is 4.79 Å². The van der Waals surface area contributed by atoms with Crippen LogP contribution in [0.25, 0.3) is 0 Å². The maximum atomic E-state index is 12.1. The summed E-state index contributed by atoms with van der Waals surface area (Å²) >= 11 is 0. The van der Waals surface area contributed by atoms with E-state index in [1.165, 1.54) is 0 Å². The molecule has 1 aromatic carbocycles. The van der Waals surface area contributed by atoms with Gasteiger partial charge >= 0.3 is 5.97 Å². The van der Waals surface area contributed by atoms with Crippen molar-refractivity contribution in [3.8, 4) is 0 Å². The van der Waals surface area contributed by atoms with Gasteiger partial charge in [0.25, 0.3) is 0 Å². The van der Waals surface area contributed by atoms with Gasteiger partial charge in [-0.05, 0) is 36.7 Å². The van der Waals surface area contributed by atoms with E-state index in [-0.39, 0.29) is 18.7 Å². The van der Waals surface area contributed by atoms with Crippen LogP contribution in [-0.2, 0) is 20.9 Å². The molecule has 0 N–H and O–H groups in total. The molecule has 0 bridgehead atoms. The van der Waals surface area contributed by atoms with E-state index in [0.29, 0.717) is 18.4 Å². The number of carbonyl (C=O) groups excluding carboxylic acids is 1. The highest BCUT2D eigenvalue weighted by Gasteiger charge is 2.21. The van der Waals surface area contributed by atoms with E-state index in [2.05, 4.69) is 33.4 Å². The first-order chi connectivity index (χ1) is 12.5. The molecule has 0 heterocycles. The Morgan fingerprint density at radius 1 is 1.19 bits per heavy atom. The molecular weight excluding hydrogens is 324 g/mol. The topological polar surface area (TPSA) is 35.5 Å². The summed E-state index contributed by atoms with van der Waals surface area (Å²) in [5, 5.41) is 0. The van der Waals surface area contributed by atoms with Gasteiger partial charge in [0.15, 0.2) is 0 Å². The van der Waals surface area contributed by atoms with Crippen LogP contribution >= 0.6 is 0 Å². The van der Waals surface area contributed by atoms with Gasteiger partial charge in [0.2, 0.25) is 0 Å². The Morgan fingerprint density at radius 3 is 2.58 bits per heavy atom. The molecular formula is C23H34O3. The van der Waals surface area contributed by atoms with Crippen molar-refractivity contribution >= 4 is 5.97 Å². The Labute approximate surface area is 159 Å². The number of carbonyl (C=O) groups is 1. The second-order valence-electron chi connectivity index (χ2n) is 7.19. The molecule has 0 radical (unpaired) electrons. The lowest BCUT2D eigenvalue weighted by molar-refractivity contribution is -0.158. The largest absolute Gasteiger partial charge is 0.460 e. The molecule has 144 valence electrons.